The Bertz CT molecular complexity index is 1030. The maximum atomic E-state index is 13.4. The van der Waals surface area contributed by atoms with Crippen molar-refractivity contribution >= 4 is 17.3 Å². The minimum Gasteiger partial charge on any atom is -0.454 e. The summed E-state index contributed by atoms with van der Waals surface area (Å²) in [4.78, 5) is 15.2. The molecule has 27 heavy (non-hydrogen) atoms. The Morgan fingerprint density at radius 1 is 0.963 bits per heavy atom. The number of rotatable bonds is 2. The highest BCUT2D eigenvalue weighted by Crippen LogP contribution is 2.41. The van der Waals surface area contributed by atoms with E-state index in [1.54, 1.807) is 4.90 Å². The number of benzene rings is 3. The van der Waals surface area contributed by atoms with Gasteiger partial charge < -0.3 is 14.8 Å². The van der Waals surface area contributed by atoms with E-state index >= 15 is 0 Å². The molecule has 0 aliphatic carbocycles. The van der Waals surface area contributed by atoms with E-state index in [-0.39, 0.29) is 18.9 Å². The van der Waals surface area contributed by atoms with Crippen LogP contribution >= 0.6 is 0 Å². The lowest BCUT2D eigenvalue weighted by Crippen LogP contribution is -2.43. The third-order valence-electron chi connectivity index (χ3n) is 4.95. The van der Waals surface area contributed by atoms with Crippen LogP contribution in [0.1, 0.15) is 27.7 Å². The van der Waals surface area contributed by atoms with Crippen LogP contribution in [-0.2, 0) is 0 Å². The van der Waals surface area contributed by atoms with Crippen molar-refractivity contribution in [3.05, 3.63) is 83.4 Å². The molecule has 0 spiro atoms. The molecule has 0 saturated carbocycles. The van der Waals surface area contributed by atoms with Gasteiger partial charge in [-0.15, -0.1) is 0 Å². The van der Waals surface area contributed by atoms with Gasteiger partial charge in [0, 0.05) is 11.8 Å². The van der Waals surface area contributed by atoms with Crippen LogP contribution < -0.4 is 19.7 Å². The molecule has 5 rings (SSSR count). The number of para-hydroxylation sites is 1. The van der Waals surface area contributed by atoms with E-state index in [4.69, 9.17) is 9.47 Å². The third kappa shape index (κ3) is 2.59. The fourth-order valence-electron chi connectivity index (χ4n) is 3.54. The summed E-state index contributed by atoms with van der Waals surface area (Å²) >= 11 is 0. The Hall–Kier alpha value is -3.47. The van der Waals surface area contributed by atoms with Gasteiger partial charge in [-0.3, -0.25) is 9.69 Å². The molecule has 0 aromatic heterocycles. The number of amides is 1. The minimum atomic E-state index is -0.312. The number of ether oxygens (including phenoxy) is 2. The number of anilines is 2. The SMILES string of the molecule is Cc1ccc([C@H]2Nc3ccccc3C(=O)N2c2ccc3c(c2)OCO3)cc1. The first kappa shape index (κ1) is 15.8. The van der Waals surface area contributed by atoms with Crippen LogP contribution in [0.3, 0.4) is 0 Å². The van der Waals surface area contributed by atoms with Crippen LogP contribution in [-0.4, -0.2) is 12.7 Å². The quantitative estimate of drug-likeness (QED) is 0.733. The molecule has 1 amide bonds. The zero-order valence-corrected chi connectivity index (χ0v) is 14.8. The summed E-state index contributed by atoms with van der Waals surface area (Å²) in [6.45, 7) is 2.25. The minimum absolute atomic E-state index is 0.0474. The first-order chi connectivity index (χ1) is 13.2. The molecule has 3 aromatic rings. The van der Waals surface area contributed by atoms with Crippen LogP contribution in [0.15, 0.2) is 66.7 Å². The largest absolute Gasteiger partial charge is 0.454 e. The van der Waals surface area contributed by atoms with Gasteiger partial charge in [0.1, 0.15) is 6.17 Å². The van der Waals surface area contributed by atoms with Crippen LogP contribution in [0.2, 0.25) is 0 Å². The number of fused-ring (bicyclic) bond motifs is 2. The van der Waals surface area contributed by atoms with Crippen molar-refractivity contribution in [2.24, 2.45) is 0 Å². The van der Waals surface area contributed by atoms with E-state index in [1.807, 2.05) is 61.5 Å². The zero-order chi connectivity index (χ0) is 18.4. The molecule has 1 atom stereocenters. The predicted molar refractivity (Wildman–Crippen MR) is 103 cm³/mol. The standard InChI is InChI=1S/C22H18N2O3/c1-14-6-8-15(9-7-14)21-23-18-5-3-2-4-17(18)22(25)24(21)16-10-11-19-20(12-16)27-13-26-19/h2-12,21,23H,13H2,1H3/t21-/m0/s1. The molecule has 5 heteroatoms. The van der Waals surface area contributed by atoms with Gasteiger partial charge in [-0.1, -0.05) is 42.0 Å². The molecule has 2 aliphatic rings. The van der Waals surface area contributed by atoms with Gasteiger partial charge in [0.25, 0.3) is 5.91 Å². The molecular formula is C22H18N2O3. The van der Waals surface area contributed by atoms with Crippen molar-refractivity contribution in [3.63, 3.8) is 0 Å². The lowest BCUT2D eigenvalue weighted by Gasteiger charge is -2.38. The third-order valence-corrected chi connectivity index (χ3v) is 4.95. The molecule has 0 radical (unpaired) electrons. The van der Waals surface area contributed by atoms with Crippen molar-refractivity contribution in [2.75, 3.05) is 17.0 Å². The van der Waals surface area contributed by atoms with E-state index < -0.39 is 0 Å². The Kier molecular flexibility index (Phi) is 3.53. The van der Waals surface area contributed by atoms with Gasteiger partial charge >= 0.3 is 0 Å². The number of carbonyl (C=O) groups excluding carboxylic acids is 1. The first-order valence-electron chi connectivity index (χ1n) is 8.86. The van der Waals surface area contributed by atoms with Gasteiger partial charge in [-0.2, -0.15) is 0 Å². The lowest BCUT2D eigenvalue weighted by atomic mass is 10.0. The lowest BCUT2D eigenvalue weighted by molar-refractivity contribution is 0.0975. The van der Waals surface area contributed by atoms with Crippen LogP contribution in [0, 0.1) is 6.92 Å². The first-order valence-corrected chi connectivity index (χ1v) is 8.86. The molecule has 1 N–H and O–H groups in total. The molecule has 0 bridgehead atoms. The second-order valence-electron chi connectivity index (χ2n) is 6.72. The van der Waals surface area contributed by atoms with E-state index in [9.17, 15) is 4.79 Å². The van der Waals surface area contributed by atoms with Gasteiger partial charge in [0.15, 0.2) is 11.5 Å². The average Bonchev–Trinajstić information content (AvgIpc) is 3.16. The number of hydrogen-bond acceptors (Lipinski definition) is 4. The number of nitrogens with one attached hydrogen (secondary N) is 1. The summed E-state index contributed by atoms with van der Waals surface area (Å²) in [7, 11) is 0. The molecule has 2 aliphatic heterocycles. The smallest absolute Gasteiger partial charge is 0.262 e. The predicted octanol–water partition coefficient (Wildman–Crippen LogP) is 4.49. The molecule has 0 unspecified atom stereocenters. The molecule has 5 nitrogen and oxygen atoms in total. The van der Waals surface area contributed by atoms with Crippen molar-refractivity contribution < 1.29 is 14.3 Å². The summed E-state index contributed by atoms with van der Waals surface area (Å²) in [6.07, 6.45) is -0.312. The number of carbonyl (C=O) groups is 1. The van der Waals surface area contributed by atoms with Crippen LogP contribution in [0.25, 0.3) is 0 Å². The summed E-state index contributed by atoms with van der Waals surface area (Å²) in [5.41, 5.74) is 4.44. The van der Waals surface area contributed by atoms with Gasteiger partial charge in [0.05, 0.1) is 11.3 Å². The topological polar surface area (TPSA) is 50.8 Å². The van der Waals surface area contributed by atoms with E-state index in [2.05, 4.69) is 17.4 Å². The highest BCUT2D eigenvalue weighted by Gasteiger charge is 2.34. The molecule has 0 saturated heterocycles. The highest BCUT2D eigenvalue weighted by molar-refractivity contribution is 6.12. The monoisotopic (exact) mass is 358 g/mol. The highest BCUT2D eigenvalue weighted by atomic mass is 16.7. The second kappa shape index (κ2) is 6.06. The van der Waals surface area contributed by atoms with Crippen LogP contribution in [0.4, 0.5) is 11.4 Å². The van der Waals surface area contributed by atoms with E-state index in [0.29, 0.717) is 17.1 Å². The Morgan fingerprint density at radius 2 is 1.74 bits per heavy atom. The van der Waals surface area contributed by atoms with Crippen LogP contribution in [0.5, 0.6) is 11.5 Å². The molecule has 2 heterocycles. The van der Waals surface area contributed by atoms with Gasteiger partial charge in [-0.25, -0.2) is 0 Å². The van der Waals surface area contributed by atoms with Crippen molar-refractivity contribution in [1.29, 1.82) is 0 Å². The number of hydrogen-bond donors (Lipinski definition) is 1. The van der Waals surface area contributed by atoms with E-state index in [0.717, 1.165) is 16.9 Å². The molecular weight excluding hydrogens is 340 g/mol. The number of nitrogens with zero attached hydrogens (tertiary/aromatic N) is 1. The van der Waals surface area contributed by atoms with Crippen molar-refractivity contribution in [3.8, 4) is 11.5 Å². The maximum absolute atomic E-state index is 13.4. The van der Waals surface area contributed by atoms with Crippen molar-refractivity contribution in [1.82, 2.24) is 0 Å². The normalized spacial score (nSPS) is 17.4. The fourth-order valence-corrected chi connectivity index (χ4v) is 3.54. The Balaban J connectivity index is 1.64. The summed E-state index contributed by atoms with van der Waals surface area (Å²) in [6, 6.07) is 21.4. The molecule has 0 fully saturated rings. The maximum Gasteiger partial charge on any atom is 0.262 e. The number of aryl methyl sites for hydroxylation is 1. The molecule has 3 aromatic carbocycles. The molecule has 134 valence electrons. The van der Waals surface area contributed by atoms with Gasteiger partial charge in [0.2, 0.25) is 6.79 Å². The fraction of sp³-hybridized carbons (Fsp3) is 0.136. The Labute approximate surface area is 157 Å². The Morgan fingerprint density at radius 3 is 2.59 bits per heavy atom. The zero-order valence-electron chi connectivity index (χ0n) is 14.8. The second-order valence-corrected chi connectivity index (χ2v) is 6.72. The summed E-state index contributed by atoms with van der Waals surface area (Å²) < 4.78 is 10.9. The van der Waals surface area contributed by atoms with Gasteiger partial charge in [-0.05, 0) is 36.8 Å². The summed E-state index contributed by atoms with van der Waals surface area (Å²) in [5.74, 6) is 1.30. The van der Waals surface area contributed by atoms with Crippen molar-refractivity contribution in [2.45, 2.75) is 13.1 Å². The summed E-state index contributed by atoms with van der Waals surface area (Å²) in [5, 5.41) is 3.51. The average molecular weight is 358 g/mol. The van der Waals surface area contributed by atoms with E-state index in [1.165, 1.54) is 5.56 Å².